The fourth-order valence-electron chi connectivity index (χ4n) is 3.79. The summed E-state index contributed by atoms with van der Waals surface area (Å²) in [6.07, 6.45) is 1.50. The first-order valence-corrected chi connectivity index (χ1v) is 11.5. The van der Waals surface area contributed by atoms with Crippen molar-refractivity contribution >= 4 is 23.3 Å². The molecule has 1 atom stereocenters. The molecule has 0 aliphatic heterocycles. The number of hydrogen-bond donors (Lipinski definition) is 3. The van der Waals surface area contributed by atoms with Crippen molar-refractivity contribution in [2.24, 2.45) is 0 Å². The van der Waals surface area contributed by atoms with Crippen LogP contribution >= 0.6 is 0 Å². The monoisotopic (exact) mass is 499 g/mol. The molecule has 7 nitrogen and oxygen atoms in total. The summed E-state index contributed by atoms with van der Waals surface area (Å²) in [5.41, 5.74) is 8.91. The number of nitrogens with zero attached hydrogens (tertiary/aromatic N) is 2. The number of aryl methyl sites for hydroxylation is 2. The number of aromatic nitrogens is 2. The Hall–Kier alpha value is -3.95. The quantitative estimate of drug-likeness (QED) is 0.450. The Labute approximate surface area is 207 Å². The van der Waals surface area contributed by atoms with Crippen LogP contribution in [0.4, 0.5) is 24.7 Å². The van der Waals surface area contributed by atoms with Crippen molar-refractivity contribution in [3.05, 3.63) is 82.8 Å². The van der Waals surface area contributed by atoms with Crippen molar-refractivity contribution in [2.45, 2.75) is 51.7 Å². The van der Waals surface area contributed by atoms with E-state index in [-0.39, 0.29) is 12.2 Å². The van der Waals surface area contributed by atoms with E-state index in [1.165, 1.54) is 25.5 Å². The van der Waals surface area contributed by atoms with Gasteiger partial charge in [-0.2, -0.15) is 13.2 Å². The lowest BCUT2D eigenvalue weighted by Gasteiger charge is -2.21. The van der Waals surface area contributed by atoms with Crippen LogP contribution in [0.1, 0.15) is 53.6 Å². The van der Waals surface area contributed by atoms with Crippen LogP contribution in [0.5, 0.6) is 0 Å². The second-order valence-corrected chi connectivity index (χ2v) is 8.59. The number of fused-ring (bicyclic) bond motifs is 1. The van der Waals surface area contributed by atoms with Crippen LogP contribution in [0.15, 0.2) is 54.9 Å². The number of benzene rings is 1. The molecule has 0 radical (unpaired) electrons. The summed E-state index contributed by atoms with van der Waals surface area (Å²) in [6, 6.07) is 12.4. The summed E-state index contributed by atoms with van der Waals surface area (Å²) in [5, 5.41) is 4.60. The van der Waals surface area contributed by atoms with Crippen LogP contribution in [0.2, 0.25) is 0 Å². The number of carbonyl (C=O) groups excluding carboxylic acids is 2. The molecule has 0 bridgehead atoms. The molecule has 2 heterocycles. The Balaban J connectivity index is 0.000000270. The first-order valence-electron chi connectivity index (χ1n) is 11.5. The van der Waals surface area contributed by atoms with Crippen molar-refractivity contribution in [2.75, 3.05) is 11.1 Å². The maximum Gasteiger partial charge on any atom is 0.417 e. The van der Waals surface area contributed by atoms with Crippen molar-refractivity contribution < 1.29 is 22.8 Å². The number of hydrogen-bond acceptors (Lipinski definition) is 5. The van der Waals surface area contributed by atoms with Crippen LogP contribution in [-0.4, -0.2) is 21.8 Å². The summed E-state index contributed by atoms with van der Waals surface area (Å²) in [6.45, 7) is 3.83. The molecular formula is C26H28F3N5O2. The zero-order chi connectivity index (χ0) is 26.3. The molecule has 10 heteroatoms. The van der Waals surface area contributed by atoms with Gasteiger partial charge in [0, 0.05) is 6.20 Å². The van der Waals surface area contributed by atoms with Gasteiger partial charge in [0.25, 0.3) is 0 Å². The fraction of sp³-hybridized carbons (Fsp3) is 0.308. The Morgan fingerprint density at radius 1 is 1.08 bits per heavy atom. The average molecular weight is 500 g/mol. The molecule has 0 spiro atoms. The maximum atomic E-state index is 12.4. The highest BCUT2D eigenvalue weighted by Crippen LogP contribution is 2.30. The zero-order valence-electron chi connectivity index (χ0n) is 20.0. The van der Waals surface area contributed by atoms with E-state index >= 15 is 0 Å². The lowest BCUT2D eigenvalue weighted by Crippen LogP contribution is -2.35. The topological polar surface area (TPSA) is 110 Å². The minimum absolute atomic E-state index is 0.180. The predicted molar refractivity (Wildman–Crippen MR) is 131 cm³/mol. The van der Waals surface area contributed by atoms with E-state index in [0.717, 1.165) is 18.1 Å². The lowest BCUT2D eigenvalue weighted by molar-refractivity contribution is -0.137. The molecule has 4 N–H and O–H groups in total. The zero-order valence-corrected chi connectivity index (χ0v) is 20.0. The van der Waals surface area contributed by atoms with Crippen LogP contribution in [-0.2, 0) is 28.7 Å². The molecule has 1 aromatic carbocycles. The summed E-state index contributed by atoms with van der Waals surface area (Å²) in [7, 11) is 0. The summed E-state index contributed by atoms with van der Waals surface area (Å²) >= 11 is 0. The largest absolute Gasteiger partial charge is 0.417 e. The number of carbonyl (C=O) groups is 2. The SMILES string of the molecule is CC1CCCc2ccccc21.Cc1cc(NC(=O)C(=O)NCc2ccc(C(F)(F)F)cn2)cnc1N. The van der Waals surface area contributed by atoms with E-state index in [1.54, 1.807) is 24.1 Å². The molecule has 36 heavy (non-hydrogen) atoms. The van der Waals surface area contributed by atoms with Gasteiger partial charge < -0.3 is 16.4 Å². The predicted octanol–water partition coefficient (Wildman–Crippen LogP) is 4.77. The average Bonchev–Trinajstić information content (AvgIpc) is 2.85. The molecule has 0 saturated carbocycles. The van der Waals surface area contributed by atoms with Gasteiger partial charge in [-0.3, -0.25) is 14.6 Å². The molecule has 2 amide bonds. The van der Waals surface area contributed by atoms with Crippen molar-refractivity contribution in [1.82, 2.24) is 15.3 Å². The summed E-state index contributed by atoms with van der Waals surface area (Å²) in [4.78, 5) is 30.9. The van der Waals surface area contributed by atoms with E-state index in [4.69, 9.17) is 5.73 Å². The van der Waals surface area contributed by atoms with Crippen molar-refractivity contribution in [1.29, 1.82) is 0 Å². The Kier molecular flexibility index (Phi) is 8.63. The van der Waals surface area contributed by atoms with Gasteiger partial charge in [0.05, 0.1) is 29.7 Å². The molecule has 4 rings (SSSR count). The second-order valence-electron chi connectivity index (χ2n) is 8.59. The van der Waals surface area contributed by atoms with Crippen LogP contribution in [0.25, 0.3) is 0 Å². The van der Waals surface area contributed by atoms with Gasteiger partial charge in [0.15, 0.2) is 0 Å². The third-order valence-electron chi connectivity index (χ3n) is 5.83. The minimum Gasteiger partial charge on any atom is -0.383 e. The molecule has 1 aliphatic rings. The molecule has 3 aromatic rings. The van der Waals surface area contributed by atoms with Gasteiger partial charge >= 0.3 is 18.0 Å². The van der Waals surface area contributed by atoms with E-state index in [9.17, 15) is 22.8 Å². The summed E-state index contributed by atoms with van der Waals surface area (Å²) < 4.78 is 37.3. The molecule has 190 valence electrons. The first-order chi connectivity index (χ1) is 17.0. The van der Waals surface area contributed by atoms with Crippen LogP contribution in [0.3, 0.4) is 0 Å². The molecular weight excluding hydrogens is 471 g/mol. The van der Waals surface area contributed by atoms with Gasteiger partial charge in [0.2, 0.25) is 0 Å². The second kappa shape index (κ2) is 11.7. The standard InChI is InChI=1S/C15H14F3N5O2.C11H14/c1-8-4-11(7-21-12(8)19)23-14(25)13(24)22-6-10-3-2-9(5-20-10)15(16,17)18;1-9-5-4-7-10-6-2-3-8-11(9)10/h2-5,7H,6H2,1H3,(H2,19,21)(H,22,24)(H,23,25);2-3,6,8-9H,4-5,7H2,1H3. The number of pyridine rings is 2. The fourth-order valence-corrected chi connectivity index (χ4v) is 3.79. The Morgan fingerprint density at radius 3 is 2.47 bits per heavy atom. The van der Waals surface area contributed by atoms with E-state index in [0.29, 0.717) is 23.3 Å². The van der Waals surface area contributed by atoms with Gasteiger partial charge in [-0.25, -0.2) is 4.98 Å². The number of halogens is 3. The van der Waals surface area contributed by atoms with Crippen LogP contribution in [0, 0.1) is 6.92 Å². The first kappa shape index (κ1) is 26.7. The molecule has 1 aliphatic carbocycles. The highest BCUT2D eigenvalue weighted by molar-refractivity contribution is 6.39. The third kappa shape index (κ3) is 7.27. The van der Waals surface area contributed by atoms with E-state index in [2.05, 4.69) is 51.8 Å². The lowest BCUT2D eigenvalue weighted by atomic mass is 9.84. The Bertz CT molecular complexity index is 1210. The third-order valence-corrected chi connectivity index (χ3v) is 5.83. The number of anilines is 2. The highest BCUT2D eigenvalue weighted by atomic mass is 19.4. The molecule has 0 fully saturated rings. The number of rotatable bonds is 3. The number of nitrogens with two attached hydrogens (primary N) is 1. The smallest absolute Gasteiger partial charge is 0.383 e. The normalized spacial score (nSPS) is 14.6. The minimum atomic E-state index is -4.49. The van der Waals surface area contributed by atoms with Crippen molar-refractivity contribution in [3.63, 3.8) is 0 Å². The van der Waals surface area contributed by atoms with Gasteiger partial charge in [-0.05, 0) is 67.0 Å². The highest BCUT2D eigenvalue weighted by Gasteiger charge is 2.30. The number of nitrogens with one attached hydrogen (secondary N) is 2. The van der Waals surface area contributed by atoms with Gasteiger partial charge in [0.1, 0.15) is 5.82 Å². The number of amides is 2. The van der Waals surface area contributed by atoms with Gasteiger partial charge in [-0.1, -0.05) is 31.2 Å². The maximum absolute atomic E-state index is 12.4. The van der Waals surface area contributed by atoms with Gasteiger partial charge in [-0.15, -0.1) is 0 Å². The van der Waals surface area contributed by atoms with E-state index < -0.39 is 23.6 Å². The van der Waals surface area contributed by atoms with Crippen LogP contribution < -0.4 is 16.4 Å². The van der Waals surface area contributed by atoms with E-state index in [1.807, 2.05) is 0 Å². The molecule has 2 aromatic heterocycles. The molecule has 0 saturated heterocycles. The number of nitrogen functional groups attached to an aromatic ring is 1. The summed E-state index contributed by atoms with van der Waals surface area (Å²) in [5.74, 6) is -0.815. The molecule has 1 unspecified atom stereocenters. The number of alkyl halides is 3. The van der Waals surface area contributed by atoms with Crippen molar-refractivity contribution in [3.8, 4) is 0 Å². The Morgan fingerprint density at radius 2 is 1.83 bits per heavy atom.